The second kappa shape index (κ2) is 6.25. The molecule has 2 heteroatoms. The van der Waals surface area contributed by atoms with E-state index in [1.54, 1.807) is 0 Å². The molecule has 1 aliphatic heterocycles. The molecule has 0 saturated heterocycles. The minimum Gasteiger partial charge on any atom is -0.487 e. The minimum atomic E-state index is -0.262. The third kappa shape index (κ3) is 3.08. The maximum atomic E-state index is 6.32. The molecule has 2 unspecified atom stereocenters. The predicted molar refractivity (Wildman–Crippen MR) is 100 cm³/mol. The van der Waals surface area contributed by atoms with Gasteiger partial charge in [0, 0.05) is 11.8 Å². The molecule has 24 heavy (non-hydrogen) atoms. The van der Waals surface area contributed by atoms with Crippen LogP contribution in [0.5, 0.6) is 5.75 Å². The molecule has 2 nitrogen and oxygen atoms in total. The van der Waals surface area contributed by atoms with Gasteiger partial charge in [-0.2, -0.15) is 0 Å². The van der Waals surface area contributed by atoms with Gasteiger partial charge in [-0.15, -0.1) is 0 Å². The number of ether oxygens (including phenoxy) is 1. The Morgan fingerprint density at radius 2 is 1.62 bits per heavy atom. The number of hydrogen-bond donors (Lipinski definition) is 1. The van der Waals surface area contributed by atoms with Gasteiger partial charge in [0.25, 0.3) is 0 Å². The number of rotatable bonds is 4. The first-order valence-corrected chi connectivity index (χ1v) is 8.87. The van der Waals surface area contributed by atoms with Crippen LogP contribution in [0.4, 0.5) is 0 Å². The molecule has 0 radical (unpaired) electrons. The first-order valence-electron chi connectivity index (χ1n) is 8.87. The number of para-hydroxylation sites is 1. The highest BCUT2D eigenvalue weighted by atomic mass is 16.5. The van der Waals surface area contributed by atoms with Gasteiger partial charge < -0.3 is 10.5 Å². The monoisotopic (exact) mass is 323 g/mol. The van der Waals surface area contributed by atoms with Gasteiger partial charge in [-0.25, -0.2) is 0 Å². The molecule has 0 saturated carbocycles. The first kappa shape index (κ1) is 17.0. The first-order chi connectivity index (χ1) is 11.3. The lowest BCUT2D eigenvalue weighted by atomic mass is 9.61. The van der Waals surface area contributed by atoms with Crippen molar-refractivity contribution in [3.05, 3.63) is 65.7 Å². The quantitative estimate of drug-likeness (QED) is 0.878. The topological polar surface area (TPSA) is 35.2 Å². The molecule has 3 rings (SSSR count). The summed E-state index contributed by atoms with van der Waals surface area (Å²) < 4.78 is 6.32. The van der Waals surface area contributed by atoms with E-state index in [1.165, 1.54) is 11.1 Å². The van der Waals surface area contributed by atoms with E-state index < -0.39 is 0 Å². The second-order valence-corrected chi connectivity index (χ2v) is 8.21. The minimum absolute atomic E-state index is 0.0859. The number of benzene rings is 2. The highest BCUT2D eigenvalue weighted by Gasteiger charge is 2.48. The summed E-state index contributed by atoms with van der Waals surface area (Å²) in [7, 11) is 0. The van der Waals surface area contributed by atoms with Crippen molar-refractivity contribution in [1.29, 1.82) is 0 Å². The van der Waals surface area contributed by atoms with Crippen LogP contribution in [0.15, 0.2) is 54.6 Å². The summed E-state index contributed by atoms with van der Waals surface area (Å²) in [5.74, 6) is 1.66. The molecule has 128 valence electrons. The summed E-state index contributed by atoms with van der Waals surface area (Å²) in [5, 5.41) is 0. The second-order valence-electron chi connectivity index (χ2n) is 8.21. The molecular formula is C22H29NO. The Labute approximate surface area is 146 Å². The van der Waals surface area contributed by atoms with Crippen molar-refractivity contribution in [3.8, 4) is 5.75 Å². The van der Waals surface area contributed by atoms with Crippen molar-refractivity contribution in [2.24, 2.45) is 17.1 Å². The highest BCUT2D eigenvalue weighted by Crippen LogP contribution is 2.53. The molecule has 0 amide bonds. The number of fused-ring (bicyclic) bond motifs is 1. The van der Waals surface area contributed by atoms with E-state index in [0.717, 1.165) is 12.2 Å². The normalized spacial score (nSPS) is 22.5. The Morgan fingerprint density at radius 3 is 2.29 bits per heavy atom. The summed E-state index contributed by atoms with van der Waals surface area (Å²) in [6.07, 6.45) is 1.03. The third-order valence-electron chi connectivity index (χ3n) is 5.52. The van der Waals surface area contributed by atoms with Gasteiger partial charge in [-0.1, -0.05) is 62.4 Å². The van der Waals surface area contributed by atoms with Crippen molar-refractivity contribution in [1.82, 2.24) is 0 Å². The van der Waals surface area contributed by atoms with Crippen LogP contribution in [-0.4, -0.2) is 12.1 Å². The lowest BCUT2D eigenvalue weighted by molar-refractivity contribution is -0.0129. The zero-order valence-corrected chi connectivity index (χ0v) is 15.3. The fraction of sp³-hybridized carbons (Fsp3) is 0.455. The average molecular weight is 323 g/mol. The van der Waals surface area contributed by atoms with Crippen LogP contribution in [0.25, 0.3) is 0 Å². The van der Waals surface area contributed by atoms with Crippen LogP contribution in [0, 0.1) is 11.3 Å². The van der Waals surface area contributed by atoms with E-state index in [4.69, 9.17) is 10.5 Å². The fourth-order valence-electron chi connectivity index (χ4n) is 4.43. The van der Waals surface area contributed by atoms with Crippen molar-refractivity contribution in [2.75, 3.05) is 6.54 Å². The largest absolute Gasteiger partial charge is 0.487 e. The van der Waals surface area contributed by atoms with Gasteiger partial charge >= 0.3 is 0 Å². The Morgan fingerprint density at radius 1 is 1.00 bits per heavy atom. The van der Waals surface area contributed by atoms with Crippen molar-refractivity contribution >= 4 is 0 Å². The molecule has 1 heterocycles. The summed E-state index contributed by atoms with van der Waals surface area (Å²) >= 11 is 0. The van der Waals surface area contributed by atoms with Gasteiger partial charge in [0.1, 0.15) is 11.4 Å². The molecular weight excluding hydrogens is 294 g/mol. The summed E-state index contributed by atoms with van der Waals surface area (Å²) in [6, 6.07) is 19.2. The van der Waals surface area contributed by atoms with E-state index in [2.05, 4.69) is 82.3 Å². The molecule has 2 aromatic rings. The Hall–Kier alpha value is -1.80. The van der Waals surface area contributed by atoms with Crippen molar-refractivity contribution in [2.45, 2.75) is 45.6 Å². The molecule has 0 aromatic heterocycles. The van der Waals surface area contributed by atoms with E-state index in [0.29, 0.717) is 12.5 Å². The van der Waals surface area contributed by atoms with Crippen LogP contribution in [0.3, 0.4) is 0 Å². The molecule has 0 aliphatic carbocycles. The molecule has 2 aromatic carbocycles. The lowest BCUT2D eigenvalue weighted by Gasteiger charge is -2.50. The van der Waals surface area contributed by atoms with E-state index in [1.807, 2.05) is 0 Å². The van der Waals surface area contributed by atoms with Gasteiger partial charge in [0.15, 0.2) is 0 Å². The summed E-state index contributed by atoms with van der Waals surface area (Å²) in [4.78, 5) is 0. The van der Waals surface area contributed by atoms with Crippen molar-refractivity contribution < 1.29 is 4.74 Å². The predicted octanol–water partition coefficient (Wildman–Crippen LogP) is 4.79. The zero-order valence-electron chi connectivity index (χ0n) is 15.3. The Kier molecular flexibility index (Phi) is 4.44. The summed E-state index contributed by atoms with van der Waals surface area (Å²) in [6.45, 7) is 9.71. The molecule has 1 aliphatic rings. The van der Waals surface area contributed by atoms with Crippen LogP contribution >= 0.6 is 0 Å². The van der Waals surface area contributed by atoms with Crippen LogP contribution in [0.1, 0.15) is 44.7 Å². The van der Waals surface area contributed by atoms with E-state index in [-0.39, 0.29) is 16.9 Å². The Balaban J connectivity index is 2.05. The van der Waals surface area contributed by atoms with Crippen molar-refractivity contribution in [3.63, 3.8) is 0 Å². The highest BCUT2D eigenvalue weighted by molar-refractivity contribution is 5.41. The molecule has 0 fully saturated rings. The van der Waals surface area contributed by atoms with Gasteiger partial charge in [0.05, 0.1) is 0 Å². The molecule has 0 spiro atoms. The maximum absolute atomic E-state index is 6.32. The Bertz CT molecular complexity index is 690. The third-order valence-corrected chi connectivity index (χ3v) is 5.52. The average Bonchev–Trinajstić information content (AvgIpc) is 2.53. The van der Waals surface area contributed by atoms with Crippen LogP contribution in [-0.2, 0) is 6.42 Å². The van der Waals surface area contributed by atoms with Gasteiger partial charge in [0.2, 0.25) is 0 Å². The van der Waals surface area contributed by atoms with E-state index in [9.17, 15) is 0 Å². The van der Waals surface area contributed by atoms with Gasteiger partial charge in [-0.3, -0.25) is 0 Å². The molecule has 0 bridgehead atoms. The van der Waals surface area contributed by atoms with E-state index >= 15 is 0 Å². The maximum Gasteiger partial charge on any atom is 0.123 e. The van der Waals surface area contributed by atoms with Crippen LogP contribution < -0.4 is 10.5 Å². The van der Waals surface area contributed by atoms with Gasteiger partial charge in [-0.05, 0) is 49.4 Å². The smallest absolute Gasteiger partial charge is 0.123 e. The van der Waals surface area contributed by atoms with Crippen LogP contribution in [0.2, 0.25) is 0 Å². The molecule has 2 N–H and O–H groups in total. The lowest BCUT2D eigenvalue weighted by Crippen LogP contribution is -2.51. The standard InChI is InChI=1S/C22H29NO/c1-21(2,14-16-10-6-5-7-11-16)20-17-12-8-9-13-19(17)24-22(3,4)18(20)15-23/h5-13,18,20H,14-15,23H2,1-4H3. The number of nitrogens with two attached hydrogens (primary N) is 1. The zero-order chi connectivity index (χ0) is 17.4. The SMILES string of the molecule is CC(C)(Cc1ccccc1)C1c2ccccc2OC(C)(C)C1CN. The molecule has 2 atom stereocenters. The fourth-order valence-corrected chi connectivity index (χ4v) is 4.43. The number of hydrogen-bond acceptors (Lipinski definition) is 2. The summed E-state index contributed by atoms with van der Waals surface area (Å²) in [5.41, 5.74) is 8.73.